The molecule has 0 aromatic heterocycles. The van der Waals surface area contributed by atoms with Crippen molar-refractivity contribution in [1.29, 1.82) is 0 Å². The van der Waals surface area contributed by atoms with E-state index in [1.54, 1.807) is 31.2 Å². The molecule has 0 aliphatic carbocycles. The Balaban J connectivity index is 1.66. The third-order valence-corrected chi connectivity index (χ3v) is 6.28. The first-order valence-corrected chi connectivity index (χ1v) is 11.0. The summed E-state index contributed by atoms with van der Waals surface area (Å²) in [5.74, 6) is -0.0521. The molecule has 3 rings (SSSR count). The molecule has 30 heavy (non-hydrogen) atoms. The Morgan fingerprint density at radius 3 is 2.40 bits per heavy atom. The van der Waals surface area contributed by atoms with Crippen LogP contribution in [0, 0.1) is 6.92 Å². The van der Waals surface area contributed by atoms with Gasteiger partial charge in [0.15, 0.2) is 6.61 Å². The molecule has 3 aromatic carbocycles. The highest BCUT2D eigenvalue weighted by Gasteiger charge is 2.16. The van der Waals surface area contributed by atoms with E-state index in [0.717, 1.165) is 11.1 Å². The van der Waals surface area contributed by atoms with E-state index in [9.17, 15) is 13.2 Å². The second-order valence-corrected chi connectivity index (χ2v) is 8.80. The van der Waals surface area contributed by atoms with Crippen LogP contribution in [0.4, 0.5) is 5.69 Å². The Kier molecular flexibility index (Phi) is 6.77. The molecule has 0 bridgehead atoms. The number of amides is 1. The third-order valence-electron chi connectivity index (χ3n) is 4.43. The van der Waals surface area contributed by atoms with E-state index >= 15 is 0 Å². The Hall–Kier alpha value is -2.87. The summed E-state index contributed by atoms with van der Waals surface area (Å²) >= 11 is 6.30. The molecule has 8 heteroatoms. The molecule has 0 atom stereocenters. The quantitative estimate of drug-likeness (QED) is 0.570. The zero-order chi connectivity index (χ0) is 21.7. The van der Waals surface area contributed by atoms with Crippen LogP contribution in [-0.4, -0.2) is 28.0 Å². The normalized spacial score (nSPS) is 11.2. The average Bonchev–Trinajstić information content (AvgIpc) is 2.74. The van der Waals surface area contributed by atoms with E-state index in [-0.39, 0.29) is 11.5 Å². The molecular formula is C22H21ClN2O4S. The maximum Gasteiger partial charge on any atom is 0.262 e. The molecule has 6 nitrogen and oxygen atoms in total. The van der Waals surface area contributed by atoms with Crippen LogP contribution in [-0.2, 0) is 14.8 Å². The Bertz CT molecular complexity index is 1170. The number of anilines is 1. The van der Waals surface area contributed by atoms with Crippen LogP contribution in [0.15, 0.2) is 71.6 Å². The van der Waals surface area contributed by atoms with Crippen LogP contribution in [0.25, 0.3) is 11.1 Å². The summed E-state index contributed by atoms with van der Waals surface area (Å²) in [5, 5.41) is 3.02. The third kappa shape index (κ3) is 5.18. The minimum atomic E-state index is -3.63. The second kappa shape index (κ2) is 9.30. The van der Waals surface area contributed by atoms with Crippen molar-refractivity contribution in [3.8, 4) is 16.9 Å². The van der Waals surface area contributed by atoms with Crippen molar-refractivity contribution in [2.24, 2.45) is 0 Å². The van der Waals surface area contributed by atoms with Crippen LogP contribution in [0.1, 0.15) is 5.56 Å². The number of carbonyl (C=O) groups is 1. The monoisotopic (exact) mass is 444 g/mol. The van der Waals surface area contributed by atoms with E-state index in [2.05, 4.69) is 10.0 Å². The fraction of sp³-hybridized carbons (Fsp3) is 0.136. The van der Waals surface area contributed by atoms with Crippen LogP contribution in [0.3, 0.4) is 0 Å². The standard InChI is InChI=1S/C22H21ClN2O4S/c1-15-8-10-18(13-21(15)30(27,28)24-2)25-22(26)14-29-20-11-9-17(12-19(20)23)16-6-4-3-5-7-16/h3-13,24H,14H2,1-2H3,(H,25,26). The Morgan fingerprint density at radius 2 is 1.73 bits per heavy atom. The number of carbonyl (C=O) groups excluding carboxylic acids is 1. The maximum absolute atomic E-state index is 12.3. The van der Waals surface area contributed by atoms with Gasteiger partial charge < -0.3 is 10.1 Å². The number of halogens is 1. The van der Waals surface area contributed by atoms with Crippen molar-refractivity contribution in [2.45, 2.75) is 11.8 Å². The Morgan fingerprint density at radius 1 is 1.00 bits per heavy atom. The molecule has 156 valence electrons. The van der Waals surface area contributed by atoms with Gasteiger partial charge >= 0.3 is 0 Å². The van der Waals surface area contributed by atoms with Gasteiger partial charge in [-0.3, -0.25) is 4.79 Å². The predicted molar refractivity (Wildman–Crippen MR) is 118 cm³/mol. The fourth-order valence-electron chi connectivity index (χ4n) is 2.85. The molecule has 0 fully saturated rings. The molecule has 0 spiro atoms. The van der Waals surface area contributed by atoms with Crippen LogP contribution in [0.5, 0.6) is 5.75 Å². The molecule has 3 aromatic rings. The van der Waals surface area contributed by atoms with Crippen molar-refractivity contribution in [1.82, 2.24) is 4.72 Å². The molecule has 0 aliphatic heterocycles. The number of sulfonamides is 1. The van der Waals surface area contributed by atoms with Gasteiger partial charge in [-0.25, -0.2) is 13.1 Å². The smallest absolute Gasteiger partial charge is 0.262 e. The summed E-state index contributed by atoms with van der Waals surface area (Å²) in [6.45, 7) is 1.41. The molecule has 0 heterocycles. The van der Waals surface area contributed by atoms with E-state index in [1.165, 1.54) is 13.1 Å². The molecule has 0 saturated carbocycles. The topological polar surface area (TPSA) is 84.5 Å². The van der Waals surface area contributed by atoms with Crippen molar-refractivity contribution < 1.29 is 17.9 Å². The summed E-state index contributed by atoms with van der Waals surface area (Å²) in [6.07, 6.45) is 0. The minimum Gasteiger partial charge on any atom is -0.482 e. The molecule has 0 aliphatic rings. The average molecular weight is 445 g/mol. The fourth-order valence-corrected chi connectivity index (χ4v) is 4.07. The van der Waals surface area contributed by atoms with Gasteiger partial charge in [-0.2, -0.15) is 0 Å². The van der Waals surface area contributed by atoms with Crippen LogP contribution >= 0.6 is 11.6 Å². The van der Waals surface area contributed by atoms with Gasteiger partial charge in [0.25, 0.3) is 5.91 Å². The van der Waals surface area contributed by atoms with E-state index in [4.69, 9.17) is 16.3 Å². The summed E-state index contributed by atoms with van der Waals surface area (Å²) in [5.41, 5.74) is 2.89. The Labute approximate surface area is 180 Å². The molecule has 1 amide bonds. The van der Waals surface area contributed by atoms with E-state index < -0.39 is 15.9 Å². The van der Waals surface area contributed by atoms with Crippen molar-refractivity contribution in [3.05, 3.63) is 77.3 Å². The number of aryl methyl sites for hydroxylation is 1. The van der Waals surface area contributed by atoms with Gasteiger partial charge in [-0.05, 0) is 54.9 Å². The molecular weight excluding hydrogens is 424 g/mol. The van der Waals surface area contributed by atoms with Gasteiger partial charge in [0.05, 0.1) is 9.92 Å². The summed E-state index contributed by atoms with van der Waals surface area (Å²) in [4.78, 5) is 12.4. The zero-order valence-corrected chi connectivity index (χ0v) is 18.0. The second-order valence-electron chi connectivity index (χ2n) is 6.54. The SMILES string of the molecule is CNS(=O)(=O)c1cc(NC(=O)COc2ccc(-c3ccccc3)cc2Cl)ccc1C. The first-order chi connectivity index (χ1) is 14.3. The number of ether oxygens (including phenoxy) is 1. The molecule has 0 radical (unpaired) electrons. The molecule has 0 unspecified atom stereocenters. The van der Waals surface area contributed by atoms with Crippen molar-refractivity contribution in [3.63, 3.8) is 0 Å². The molecule has 0 saturated heterocycles. The van der Waals surface area contributed by atoms with Crippen molar-refractivity contribution >= 4 is 33.2 Å². The number of rotatable bonds is 7. The van der Waals surface area contributed by atoms with E-state index in [1.807, 2.05) is 36.4 Å². The highest BCUT2D eigenvalue weighted by atomic mass is 35.5. The van der Waals surface area contributed by atoms with Gasteiger partial charge in [0.1, 0.15) is 5.75 Å². The zero-order valence-electron chi connectivity index (χ0n) is 16.5. The summed E-state index contributed by atoms with van der Waals surface area (Å²) in [7, 11) is -2.29. The lowest BCUT2D eigenvalue weighted by molar-refractivity contribution is -0.118. The van der Waals surface area contributed by atoms with Gasteiger partial charge in [-0.1, -0.05) is 54.1 Å². The highest BCUT2D eigenvalue weighted by molar-refractivity contribution is 7.89. The lowest BCUT2D eigenvalue weighted by Crippen LogP contribution is -2.22. The van der Waals surface area contributed by atoms with E-state index in [0.29, 0.717) is 22.0 Å². The maximum atomic E-state index is 12.3. The number of benzene rings is 3. The number of hydrogen-bond donors (Lipinski definition) is 2. The van der Waals surface area contributed by atoms with Crippen LogP contribution in [0.2, 0.25) is 5.02 Å². The number of hydrogen-bond acceptors (Lipinski definition) is 4. The van der Waals surface area contributed by atoms with Crippen molar-refractivity contribution in [2.75, 3.05) is 19.0 Å². The summed E-state index contributed by atoms with van der Waals surface area (Å²) < 4.78 is 31.9. The van der Waals surface area contributed by atoms with Gasteiger partial charge in [0.2, 0.25) is 10.0 Å². The minimum absolute atomic E-state index is 0.100. The first-order valence-electron chi connectivity index (χ1n) is 9.12. The lowest BCUT2D eigenvalue weighted by atomic mass is 10.1. The largest absolute Gasteiger partial charge is 0.482 e. The number of nitrogens with one attached hydrogen (secondary N) is 2. The van der Waals surface area contributed by atoms with Gasteiger partial charge in [-0.15, -0.1) is 0 Å². The summed E-state index contributed by atoms with van der Waals surface area (Å²) in [6, 6.07) is 19.8. The lowest BCUT2D eigenvalue weighted by Gasteiger charge is -2.12. The highest BCUT2D eigenvalue weighted by Crippen LogP contribution is 2.30. The van der Waals surface area contributed by atoms with Gasteiger partial charge in [0, 0.05) is 5.69 Å². The van der Waals surface area contributed by atoms with Crippen LogP contribution < -0.4 is 14.8 Å². The predicted octanol–water partition coefficient (Wildman–Crippen LogP) is 4.24. The first kappa shape index (κ1) is 21.8. The molecule has 2 N–H and O–H groups in total.